The topological polar surface area (TPSA) is 121 Å². The minimum Gasteiger partial charge on any atom is -0.386 e. The van der Waals surface area contributed by atoms with Crippen molar-refractivity contribution in [1.29, 1.82) is 5.26 Å². The van der Waals surface area contributed by atoms with E-state index < -0.39 is 0 Å². The van der Waals surface area contributed by atoms with Gasteiger partial charge < -0.3 is 20.7 Å². The van der Waals surface area contributed by atoms with Crippen molar-refractivity contribution in [3.05, 3.63) is 29.8 Å². The molecule has 0 unspecified atom stereocenters. The Morgan fingerprint density at radius 1 is 1.20 bits per heavy atom. The second-order valence-corrected chi connectivity index (χ2v) is 4.77. The molecule has 9 heteroatoms. The Morgan fingerprint density at radius 3 is 2.48 bits per heavy atom. The van der Waals surface area contributed by atoms with Crippen LogP contribution in [0.25, 0.3) is 0 Å². The highest BCUT2D eigenvalue weighted by atomic mass is 16.5. The Morgan fingerprint density at radius 2 is 2.00 bits per heavy atom. The van der Waals surface area contributed by atoms with Crippen molar-refractivity contribution in [2.24, 2.45) is 0 Å². The molecule has 3 heterocycles. The quantitative estimate of drug-likeness (QED) is 0.687. The third-order valence-electron chi connectivity index (χ3n) is 3.07. The number of nitrogens with one attached hydrogen (secondary N) is 3. The van der Waals surface area contributed by atoms with Gasteiger partial charge in [-0.15, -0.1) is 16.6 Å². The number of rotatable bonds is 3. The average molecular weight is 338 g/mol. The summed E-state index contributed by atoms with van der Waals surface area (Å²) in [5.74, 6) is 3.36. The first kappa shape index (κ1) is 18.1. The fourth-order valence-electron chi connectivity index (χ4n) is 1.85. The largest absolute Gasteiger partial charge is 0.386 e. The molecular formula is C16H18N8O. The number of nitriles is 1. The zero-order chi connectivity index (χ0) is 17.9. The molecule has 128 valence electrons. The molecular weight excluding hydrogens is 320 g/mol. The van der Waals surface area contributed by atoms with E-state index in [2.05, 4.69) is 42.0 Å². The van der Waals surface area contributed by atoms with E-state index in [1.54, 1.807) is 13.1 Å². The molecule has 1 fully saturated rings. The normalized spacial score (nSPS) is 12.8. The summed E-state index contributed by atoms with van der Waals surface area (Å²) in [5, 5.41) is 25.4. The average Bonchev–Trinajstić information content (AvgIpc) is 2.70. The molecule has 2 aromatic heterocycles. The van der Waals surface area contributed by atoms with Crippen LogP contribution in [0.4, 0.5) is 17.3 Å². The lowest BCUT2D eigenvalue weighted by Gasteiger charge is -2.10. The highest BCUT2D eigenvalue weighted by molar-refractivity contribution is 5.62. The summed E-state index contributed by atoms with van der Waals surface area (Å²) in [6, 6.07) is 3.60. The minimum atomic E-state index is 0.246. The lowest BCUT2D eigenvalue weighted by atomic mass is 10.3. The molecule has 9 nitrogen and oxygen atoms in total. The third kappa shape index (κ3) is 5.70. The van der Waals surface area contributed by atoms with E-state index in [-0.39, 0.29) is 5.69 Å². The number of terminal acetylenes is 1. The fourth-order valence-corrected chi connectivity index (χ4v) is 1.85. The van der Waals surface area contributed by atoms with E-state index in [0.717, 1.165) is 26.3 Å². The van der Waals surface area contributed by atoms with E-state index in [9.17, 15) is 0 Å². The summed E-state index contributed by atoms with van der Waals surface area (Å²) >= 11 is 0. The van der Waals surface area contributed by atoms with Crippen LogP contribution in [0.15, 0.2) is 18.5 Å². The standard InChI is InChI=1S/C12H9N7.C4H9NO/c1-3-9-10(14-2)4-11(19-18-9)17-12-7-15-8(5-13)6-16-12;1-3-6-4-2-5-1/h1,4,6-7H,2H3,(H2,14,16,17,19);5H,1-4H2. The van der Waals surface area contributed by atoms with Crippen molar-refractivity contribution in [1.82, 2.24) is 25.5 Å². The van der Waals surface area contributed by atoms with E-state index in [0.29, 0.717) is 23.0 Å². The Labute approximate surface area is 145 Å². The number of ether oxygens (including phenoxy) is 1. The van der Waals surface area contributed by atoms with Crippen LogP contribution in [-0.2, 0) is 4.74 Å². The van der Waals surface area contributed by atoms with Crippen molar-refractivity contribution >= 4 is 17.3 Å². The van der Waals surface area contributed by atoms with Gasteiger partial charge in [0, 0.05) is 26.2 Å². The second kappa shape index (κ2) is 9.78. The van der Waals surface area contributed by atoms with Crippen LogP contribution in [0.2, 0.25) is 0 Å². The molecule has 0 aliphatic carbocycles. The van der Waals surface area contributed by atoms with Crippen molar-refractivity contribution < 1.29 is 4.74 Å². The first-order valence-electron chi connectivity index (χ1n) is 7.56. The van der Waals surface area contributed by atoms with Gasteiger partial charge in [0.2, 0.25) is 0 Å². The Kier molecular flexibility index (Phi) is 7.07. The van der Waals surface area contributed by atoms with Crippen LogP contribution in [-0.4, -0.2) is 53.5 Å². The first-order chi connectivity index (χ1) is 12.3. The maximum atomic E-state index is 8.62. The lowest BCUT2D eigenvalue weighted by Crippen LogP contribution is -2.30. The maximum Gasteiger partial charge on any atom is 0.158 e. The SMILES string of the molecule is C#Cc1nnc(Nc2cnc(C#N)cn2)cc1NC.C1COCCN1. The zero-order valence-corrected chi connectivity index (χ0v) is 13.8. The number of hydrogen-bond donors (Lipinski definition) is 3. The van der Waals surface area contributed by atoms with Crippen molar-refractivity contribution in [2.75, 3.05) is 44.0 Å². The number of morpholine rings is 1. The molecule has 0 saturated carbocycles. The van der Waals surface area contributed by atoms with Crippen LogP contribution in [0, 0.1) is 23.7 Å². The number of hydrogen-bond acceptors (Lipinski definition) is 9. The Bertz CT molecular complexity index is 748. The molecule has 0 bridgehead atoms. The molecule has 0 aromatic carbocycles. The van der Waals surface area contributed by atoms with Crippen LogP contribution < -0.4 is 16.0 Å². The van der Waals surface area contributed by atoms with Crippen LogP contribution in [0.3, 0.4) is 0 Å². The molecule has 0 amide bonds. The monoisotopic (exact) mass is 338 g/mol. The first-order valence-corrected chi connectivity index (χ1v) is 7.56. The summed E-state index contributed by atoms with van der Waals surface area (Å²) in [5.41, 5.74) is 1.36. The molecule has 1 aliphatic rings. The summed E-state index contributed by atoms with van der Waals surface area (Å²) in [7, 11) is 1.74. The van der Waals surface area contributed by atoms with Crippen molar-refractivity contribution in [3.8, 4) is 18.4 Å². The lowest BCUT2D eigenvalue weighted by molar-refractivity contribution is 0.109. The van der Waals surface area contributed by atoms with Gasteiger partial charge in [0.05, 0.1) is 31.3 Å². The third-order valence-corrected chi connectivity index (χ3v) is 3.07. The molecule has 0 spiro atoms. The maximum absolute atomic E-state index is 8.62. The van der Waals surface area contributed by atoms with E-state index >= 15 is 0 Å². The van der Waals surface area contributed by atoms with Crippen LogP contribution in [0.1, 0.15) is 11.4 Å². The molecule has 2 aromatic rings. The van der Waals surface area contributed by atoms with Gasteiger partial charge in [-0.3, -0.25) is 0 Å². The van der Waals surface area contributed by atoms with Gasteiger partial charge in [-0.05, 0) is 5.92 Å². The molecule has 3 N–H and O–H groups in total. The highest BCUT2D eigenvalue weighted by Crippen LogP contribution is 2.17. The zero-order valence-electron chi connectivity index (χ0n) is 13.8. The van der Waals surface area contributed by atoms with Gasteiger partial charge >= 0.3 is 0 Å². The summed E-state index contributed by atoms with van der Waals surface area (Å²) in [4.78, 5) is 7.91. The summed E-state index contributed by atoms with van der Waals surface area (Å²) < 4.78 is 5.01. The minimum absolute atomic E-state index is 0.246. The highest BCUT2D eigenvalue weighted by Gasteiger charge is 2.05. The fraction of sp³-hybridized carbons (Fsp3) is 0.312. The predicted molar refractivity (Wildman–Crippen MR) is 93.2 cm³/mol. The van der Waals surface area contributed by atoms with Crippen LogP contribution in [0.5, 0.6) is 0 Å². The molecule has 1 saturated heterocycles. The van der Waals surface area contributed by atoms with E-state index in [4.69, 9.17) is 16.4 Å². The smallest absolute Gasteiger partial charge is 0.158 e. The predicted octanol–water partition coefficient (Wildman–Crippen LogP) is 0.511. The van der Waals surface area contributed by atoms with E-state index in [1.165, 1.54) is 12.4 Å². The van der Waals surface area contributed by atoms with Gasteiger partial charge in [-0.2, -0.15) is 5.26 Å². The van der Waals surface area contributed by atoms with Gasteiger partial charge in [-0.25, -0.2) is 9.97 Å². The van der Waals surface area contributed by atoms with Gasteiger partial charge in [-0.1, -0.05) is 0 Å². The van der Waals surface area contributed by atoms with Crippen molar-refractivity contribution in [2.45, 2.75) is 0 Å². The second-order valence-electron chi connectivity index (χ2n) is 4.77. The number of aromatic nitrogens is 4. The summed E-state index contributed by atoms with van der Waals surface area (Å²) in [6.45, 7) is 3.83. The Hall–Kier alpha value is -3.27. The molecule has 0 atom stereocenters. The number of anilines is 3. The van der Waals surface area contributed by atoms with Gasteiger partial charge in [0.25, 0.3) is 0 Å². The molecule has 25 heavy (non-hydrogen) atoms. The molecule has 0 radical (unpaired) electrons. The summed E-state index contributed by atoms with van der Waals surface area (Å²) in [6.07, 6.45) is 8.10. The van der Waals surface area contributed by atoms with E-state index in [1.807, 2.05) is 6.07 Å². The number of nitrogens with zero attached hydrogens (tertiary/aromatic N) is 5. The van der Waals surface area contributed by atoms with Gasteiger partial charge in [0.1, 0.15) is 11.9 Å². The van der Waals surface area contributed by atoms with Crippen molar-refractivity contribution in [3.63, 3.8) is 0 Å². The van der Waals surface area contributed by atoms with Gasteiger partial charge in [0.15, 0.2) is 17.2 Å². The van der Waals surface area contributed by atoms with Crippen LogP contribution >= 0.6 is 0 Å². The Balaban J connectivity index is 0.000000316. The molecule has 1 aliphatic heterocycles. The molecule has 3 rings (SSSR count).